The van der Waals surface area contributed by atoms with Crippen LogP contribution in [0.3, 0.4) is 0 Å². The number of anilines is 1. The Bertz CT molecular complexity index is 436. The van der Waals surface area contributed by atoms with E-state index >= 15 is 0 Å². The highest BCUT2D eigenvalue weighted by molar-refractivity contribution is 5.50. The van der Waals surface area contributed by atoms with Crippen molar-refractivity contribution in [2.45, 2.75) is 58.0 Å². The van der Waals surface area contributed by atoms with Crippen LogP contribution in [0.1, 0.15) is 43.2 Å². The molecule has 0 aliphatic carbocycles. The molecule has 0 aromatic heterocycles. The number of fused-ring (bicyclic) bond motifs is 2. The van der Waals surface area contributed by atoms with Crippen molar-refractivity contribution in [1.29, 1.82) is 0 Å². The molecule has 1 N–H and O–H groups in total. The van der Waals surface area contributed by atoms with Gasteiger partial charge in [-0.1, -0.05) is 6.07 Å². The third kappa shape index (κ3) is 3.17. The molecule has 1 aromatic carbocycles. The van der Waals surface area contributed by atoms with Crippen LogP contribution < -0.4 is 10.2 Å². The van der Waals surface area contributed by atoms with Crippen LogP contribution in [0, 0.1) is 19.8 Å². The van der Waals surface area contributed by atoms with Gasteiger partial charge in [-0.3, -0.25) is 0 Å². The smallest absolute Gasteiger partial charge is 0.0368 e. The number of nitrogens with zero attached hydrogens (tertiary/aromatic N) is 1. The Kier molecular flexibility index (Phi) is 4.02. The summed E-state index contributed by atoms with van der Waals surface area (Å²) in [5.74, 6) is 0.933. The third-order valence-corrected chi connectivity index (χ3v) is 5.09. The number of hydrogen-bond acceptors (Lipinski definition) is 2. The minimum Gasteiger partial charge on any atom is -0.375 e. The fourth-order valence-electron chi connectivity index (χ4n) is 4.09. The lowest BCUT2D eigenvalue weighted by molar-refractivity contribution is 0.288. The van der Waals surface area contributed by atoms with Gasteiger partial charge in [0, 0.05) is 31.4 Å². The van der Waals surface area contributed by atoms with E-state index in [0.717, 1.165) is 18.0 Å². The number of hydrogen-bond donors (Lipinski definition) is 1. The van der Waals surface area contributed by atoms with Gasteiger partial charge in [-0.15, -0.1) is 0 Å². The highest BCUT2D eigenvalue weighted by Gasteiger charge is 2.33. The van der Waals surface area contributed by atoms with Crippen molar-refractivity contribution in [2.75, 3.05) is 18.5 Å². The molecule has 2 nitrogen and oxygen atoms in total. The average molecular weight is 272 g/mol. The van der Waals surface area contributed by atoms with E-state index in [4.69, 9.17) is 0 Å². The summed E-state index contributed by atoms with van der Waals surface area (Å²) in [5.41, 5.74) is 4.11. The summed E-state index contributed by atoms with van der Waals surface area (Å²) in [6, 6.07) is 8.51. The molecule has 2 heteroatoms. The summed E-state index contributed by atoms with van der Waals surface area (Å²) in [7, 11) is 2.24. The molecule has 2 heterocycles. The topological polar surface area (TPSA) is 15.3 Å². The maximum atomic E-state index is 3.74. The molecular formula is C18H28N2. The third-order valence-electron chi connectivity index (χ3n) is 5.09. The number of benzene rings is 1. The molecule has 2 aliphatic rings. The lowest BCUT2D eigenvalue weighted by atomic mass is 9.89. The van der Waals surface area contributed by atoms with Crippen LogP contribution >= 0.6 is 0 Å². The zero-order valence-electron chi connectivity index (χ0n) is 13.2. The average Bonchev–Trinajstić information content (AvgIpc) is 2.74. The van der Waals surface area contributed by atoms with E-state index in [-0.39, 0.29) is 0 Å². The number of aryl methyl sites for hydroxylation is 2. The second-order valence-electron chi connectivity index (χ2n) is 7.03. The second kappa shape index (κ2) is 5.77. The first kappa shape index (κ1) is 13.9. The Hall–Kier alpha value is -1.02. The first-order valence-corrected chi connectivity index (χ1v) is 8.15. The largest absolute Gasteiger partial charge is 0.375 e. The van der Waals surface area contributed by atoms with E-state index in [1.807, 2.05) is 0 Å². The van der Waals surface area contributed by atoms with Crippen molar-refractivity contribution >= 4 is 5.69 Å². The Morgan fingerprint density at radius 2 is 1.65 bits per heavy atom. The summed E-state index contributed by atoms with van der Waals surface area (Å²) in [4.78, 5) is 2.43. The van der Waals surface area contributed by atoms with Gasteiger partial charge in [-0.05, 0) is 75.1 Å². The van der Waals surface area contributed by atoms with Gasteiger partial charge in [0.05, 0.1) is 0 Å². The molecule has 2 aliphatic heterocycles. The zero-order chi connectivity index (χ0) is 14.1. The second-order valence-corrected chi connectivity index (χ2v) is 7.03. The number of piperidine rings is 1. The fourth-order valence-corrected chi connectivity index (χ4v) is 4.09. The van der Waals surface area contributed by atoms with E-state index in [0.29, 0.717) is 0 Å². The highest BCUT2D eigenvalue weighted by atomic mass is 15.1. The van der Waals surface area contributed by atoms with Gasteiger partial charge >= 0.3 is 0 Å². The monoisotopic (exact) mass is 272 g/mol. The van der Waals surface area contributed by atoms with Crippen LogP contribution in [0.2, 0.25) is 0 Å². The summed E-state index contributed by atoms with van der Waals surface area (Å²) in [5, 5.41) is 3.74. The molecule has 2 atom stereocenters. The number of nitrogens with one attached hydrogen (secondary N) is 1. The molecule has 2 unspecified atom stereocenters. The molecule has 2 fully saturated rings. The Balaban J connectivity index is 1.55. The normalized spacial score (nSPS) is 28.6. The van der Waals surface area contributed by atoms with Crippen molar-refractivity contribution in [3.8, 4) is 0 Å². The molecule has 0 radical (unpaired) electrons. The molecule has 3 rings (SSSR count). The minimum atomic E-state index is 0.824. The minimum absolute atomic E-state index is 0.824. The molecule has 110 valence electrons. The van der Waals surface area contributed by atoms with Crippen molar-refractivity contribution in [2.24, 2.45) is 5.92 Å². The van der Waals surface area contributed by atoms with E-state index in [9.17, 15) is 0 Å². The SMILES string of the molecule is Cc1cc(C)cc(N(C)CCC2CC3CCC(C2)N3)c1. The van der Waals surface area contributed by atoms with E-state index < -0.39 is 0 Å². The quantitative estimate of drug-likeness (QED) is 0.900. The van der Waals surface area contributed by atoms with E-state index in [1.165, 1.54) is 55.5 Å². The Labute approximate surface area is 123 Å². The van der Waals surface area contributed by atoms with E-state index in [1.54, 1.807) is 0 Å². The fraction of sp³-hybridized carbons (Fsp3) is 0.667. The Morgan fingerprint density at radius 1 is 1.05 bits per heavy atom. The van der Waals surface area contributed by atoms with Gasteiger partial charge in [-0.25, -0.2) is 0 Å². The molecule has 2 bridgehead atoms. The predicted octanol–water partition coefficient (Wildman–Crippen LogP) is 3.66. The van der Waals surface area contributed by atoms with Crippen molar-refractivity contribution in [3.05, 3.63) is 29.3 Å². The van der Waals surface area contributed by atoms with E-state index in [2.05, 4.69) is 49.3 Å². The van der Waals surface area contributed by atoms with Crippen molar-refractivity contribution in [1.82, 2.24) is 5.32 Å². The van der Waals surface area contributed by atoms with Gasteiger partial charge in [0.2, 0.25) is 0 Å². The maximum Gasteiger partial charge on any atom is 0.0368 e. The predicted molar refractivity (Wildman–Crippen MR) is 86.5 cm³/mol. The lowest BCUT2D eigenvalue weighted by Crippen LogP contribution is -2.38. The molecule has 0 spiro atoms. The van der Waals surface area contributed by atoms with Gasteiger partial charge < -0.3 is 10.2 Å². The summed E-state index contributed by atoms with van der Waals surface area (Å²) in [6.07, 6.45) is 6.97. The van der Waals surface area contributed by atoms with Crippen LogP contribution in [-0.4, -0.2) is 25.7 Å². The van der Waals surface area contributed by atoms with Crippen molar-refractivity contribution in [3.63, 3.8) is 0 Å². The molecule has 1 aromatic rings. The molecule has 0 saturated carbocycles. The van der Waals surface area contributed by atoms with Crippen LogP contribution in [0.25, 0.3) is 0 Å². The van der Waals surface area contributed by atoms with Crippen LogP contribution in [0.5, 0.6) is 0 Å². The maximum absolute atomic E-state index is 3.74. The van der Waals surface area contributed by atoms with Crippen molar-refractivity contribution < 1.29 is 0 Å². The van der Waals surface area contributed by atoms with Crippen LogP contribution in [-0.2, 0) is 0 Å². The first-order chi connectivity index (χ1) is 9.60. The van der Waals surface area contributed by atoms with Gasteiger partial charge in [-0.2, -0.15) is 0 Å². The first-order valence-electron chi connectivity index (χ1n) is 8.15. The standard InChI is InChI=1S/C18H28N2/c1-13-8-14(2)10-18(9-13)20(3)7-6-15-11-16-4-5-17(12-15)19-16/h8-10,15-17,19H,4-7,11-12H2,1-3H3. The molecule has 0 amide bonds. The highest BCUT2D eigenvalue weighted by Crippen LogP contribution is 2.33. The zero-order valence-corrected chi connectivity index (χ0v) is 13.2. The van der Waals surface area contributed by atoms with Crippen LogP contribution in [0.4, 0.5) is 5.69 Å². The lowest BCUT2D eigenvalue weighted by Gasteiger charge is -2.31. The van der Waals surface area contributed by atoms with Gasteiger partial charge in [0.15, 0.2) is 0 Å². The number of rotatable bonds is 4. The van der Waals surface area contributed by atoms with Crippen LogP contribution in [0.15, 0.2) is 18.2 Å². The van der Waals surface area contributed by atoms with Gasteiger partial charge in [0.25, 0.3) is 0 Å². The summed E-state index contributed by atoms with van der Waals surface area (Å²) < 4.78 is 0. The molecule has 20 heavy (non-hydrogen) atoms. The summed E-state index contributed by atoms with van der Waals surface area (Å²) >= 11 is 0. The molecular weight excluding hydrogens is 244 g/mol. The molecule has 2 saturated heterocycles. The summed E-state index contributed by atoms with van der Waals surface area (Å²) in [6.45, 7) is 5.57. The Morgan fingerprint density at radius 3 is 2.25 bits per heavy atom. The van der Waals surface area contributed by atoms with Gasteiger partial charge in [0.1, 0.15) is 0 Å².